The van der Waals surface area contributed by atoms with Crippen LogP contribution in [0.4, 0.5) is 5.69 Å². The Morgan fingerprint density at radius 1 is 1.12 bits per heavy atom. The zero-order chi connectivity index (χ0) is 16.9. The molecule has 0 aromatic heterocycles. The Hall–Kier alpha value is -2.21. The smallest absolute Gasteiger partial charge is 0.255 e. The van der Waals surface area contributed by atoms with Crippen molar-refractivity contribution in [1.82, 2.24) is 5.32 Å². The number of fused-ring (bicyclic) bond motifs is 1. The van der Waals surface area contributed by atoms with Crippen molar-refractivity contribution in [3.05, 3.63) is 53.6 Å². The number of nitrogens with one attached hydrogen (secondary N) is 2. The first-order valence-electron chi connectivity index (χ1n) is 7.76. The topological polar surface area (TPSA) is 59.6 Å². The van der Waals surface area contributed by atoms with Crippen LogP contribution < -0.4 is 20.1 Å². The summed E-state index contributed by atoms with van der Waals surface area (Å²) in [7, 11) is 1.61. The third-order valence-corrected chi connectivity index (χ3v) is 4.36. The molecule has 1 aliphatic rings. The van der Waals surface area contributed by atoms with Gasteiger partial charge < -0.3 is 20.1 Å². The van der Waals surface area contributed by atoms with Gasteiger partial charge in [0.2, 0.25) is 0 Å². The molecule has 1 heterocycles. The predicted molar refractivity (Wildman–Crippen MR) is 97.2 cm³/mol. The second-order valence-corrected chi connectivity index (χ2v) is 6.19. The van der Waals surface area contributed by atoms with E-state index in [9.17, 15) is 4.79 Å². The minimum absolute atomic E-state index is 0.0917. The number of benzene rings is 2. The molecule has 0 bridgehead atoms. The first-order valence-corrected chi connectivity index (χ1v) is 8.88. The molecule has 2 aromatic rings. The van der Waals surface area contributed by atoms with E-state index in [0.29, 0.717) is 23.7 Å². The highest BCUT2D eigenvalue weighted by atomic mass is 79.9. The second kappa shape index (κ2) is 7.57. The molecular weight excluding hydrogens is 372 g/mol. The van der Waals surface area contributed by atoms with Crippen molar-refractivity contribution >= 4 is 27.5 Å². The largest absolute Gasteiger partial charge is 0.493 e. The molecule has 3 rings (SSSR count). The summed E-state index contributed by atoms with van der Waals surface area (Å²) in [6.07, 6.45) is 0.611. The summed E-state index contributed by atoms with van der Waals surface area (Å²) in [6.45, 7) is 0.618. The van der Waals surface area contributed by atoms with E-state index in [4.69, 9.17) is 9.47 Å². The van der Waals surface area contributed by atoms with Gasteiger partial charge in [-0.1, -0.05) is 34.1 Å². The van der Waals surface area contributed by atoms with Gasteiger partial charge in [-0.15, -0.1) is 0 Å². The van der Waals surface area contributed by atoms with Crippen LogP contribution in [0.3, 0.4) is 0 Å². The number of carbonyl (C=O) groups excluding carboxylic acids is 1. The number of hydrogen-bond acceptors (Lipinski definition) is 4. The summed E-state index contributed by atoms with van der Waals surface area (Å²) in [5.74, 6) is 1.26. The number of halogens is 1. The first kappa shape index (κ1) is 16.6. The standard InChI is InChI=1S/C18H19BrN2O3/c1-23-16-11-12(7-8-15(16)24-10-4-9-19)17-20-14-6-3-2-5-13(14)18(22)21-17/h2-3,5-8,11,17,20H,4,9-10H2,1H3,(H,21,22). The van der Waals surface area contributed by atoms with Crippen LogP contribution in [0, 0.1) is 0 Å². The SMILES string of the molecule is COc1cc(C2NC(=O)c3ccccc3N2)ccc1OCCCBr. The fraction of sp³-hybridized carbons (Fsp3) is 0.278. The maximum atomic E-state index is 12.3. The fourth-order valence-electron chi connectivity index (χ4n) is 2.59. The van der Waals surface area contributed by atoms with Crippen LogP contribution in [0.2, 0.25) is 0 Å². The molecule has 2 aromatic carbocycles. The van der Waals surface area contributed by atoms with E-state index in [1.165, 1.54) is 0 Å². The van der Waals surface area contributed by atoms with Gasteiger partial charge in [0.05, 0.1) is 19.3 Å². The number of carbonyl (C=O) groups is 1. The molecule has 0 spiro atoms. The summed E-state index contributed by atoms with van der Waals surface area (Å²) >= 11 is 3.38. The molecule has 5 nitrogen and oxygen atoms in total. The number of hydrogen-bond donors (Lipinski definition) is 2. The van der Waals surface area contributed by atoms with Crippen LogP contribution >= 0.6 is 15.9 Å². The molecular formula is C18H19BrN2O3. The van der Waals surface area contributed by atoms with Gasteiger partial charge in [0, 0.05) is 11.0 Å². The summed E-state index contributed by atoms with van der Waals surface area (Å²) in [4.78, 5) is 12.3. The molecule has 24 heavy (non-hydrogen) atoms. The minimum atomic E-state index is -0.308. The maximum absolute atomic E-state index is 12.3. The van der Waals surface area contributed by atoms with Crippen molar-refractivity contribution < 1.29 is 14.3 Å². The van der Waals surface area contributed by atoms with Crippen LogP contribution in [0.25, 0.3) is 0 Å². The van der Waals surface area contributed by atoms with Crippen molar-refractivity contribution in [2.24, 2.45) is 0 Å². The Morgan fingerprint density at radius 2 is 1.96 bits per heavy atom. The van der Waals surface area contributed by atoms with Gasteiger partial charge in [-0.25, -0.2) is 0 Å². The Balaban J connectivity index is 1.81. The number of methoxy groups -OCH3 is 1. The van der Waals surface area contributed by atoms with E-state index >= 15 is 0 Å². The molecule has 0 fully saturated rings. The zero-order valence-corrected chi connectivity index (χ0v) is 14.9. The summed E-state index contributed by atoms with van der Waals surface area (Å²) in [6, 6.07) is 13.1. The normalized spacial score (nSPS) is 15.9. The van der Waals surface area contributed by atoms with Gasteiger partial charge in [-0.05, 0) is 36.2 Å². The maximum Gasteiger partial charge on any atom is 0.255 e. The van der Waals surface area contributed by atoms with E-state index in [2.05, 4.69) is 26.6 Å². The lowest BCUT2D eigenvalue weighted by Crippen LogP contribution is -2.38. The Kier molecular flexibility index (Phi) is 5.25. The van der Waals surface area contributed by atoms with E-state index in [0.717, 1.165) is 23.0 Å². The lowest BCUT2D eigenvalue weighted by molar-refractivity contribution is 0.0935. The molecule has 0 aliphatic carbocycles. The number of rotatable bonds is 6. The predicted octanol–water partition coefficient (Wildman–Crippen LogP) is 3.71. The molecule has 0 radical (unpaired) electrons. The number of ether oxygens (including phenoxy) is 2. The van der Waals surface area contributed by atoms with Gasteiger partial charge in [-0.3, -0.25) is 4.79 Å². The lowest BCUT2D eigenvalue weighted by atomic mass is 10.1. The van der Waals surface area contributed by atoms with Crippen molar-refractivity contribution in [3.63, 3.8) is 0 Å². The van der Waals surface area contributed by atoms with Gasteiger partial charge >= 0.3 is 0 Å². The Bertz CT molecular complexity index is 736. The highest BCUT2D eigenvalue weighted by Gasteiger charge is 2.24. The Labute approximate surface area is 149 Å². The monoisotopic (exact) mass is 390 g/mol. The van der Waals surface area contributed by atoms with Crippen LogP contribution in [0.5, 0.6) is 11.5 Å². The molecule has 6 heteroatoms. The van der Waals surface area contributed by atoms with E-state index < -0.39 is 0 Å². The molecule has 2 N–H and O–H groups in total. The summed E-state index contributed by atoms with van der Waals surface area (Å²) in [5, 5.41) is 7.19. The third kappa shape index (κ3) is 3.48. The molecule has 1 atom stereocenters. The summed E-state index contributed by atoms with van der Waals surface area (Å²) < 4.78 is 11.2. The van der Waals surface area contributed by atoms with E-state index in [1.807, 2.05) is 36.4 Å². The quantitative estimate of drug-likeness (QED) is 0.582. The lowest BCUT2D eigenvalue weighted by Gasteiger charge is -2.28. The first-order chi connectivity index (χ1) is 11.7. The van der Waals surface area contributed by atoms with Gasteiger partial charge in [-0.2, -0.15) is 0 Å². The molecule has 1 aliphatic heterocycles. The fourth-order valence-corrected chi connectivity index (χ4v) is 2.82. The van der Waals surface area contributed by atoms with Gasteiger partial charge in [0.15, 0.2) is 11.5 Å². The van der Waals surface area contributed by atoms with Gasteiger partial charge in [0.1, 0.15) is 6.17 Å². The number of anilines is 1. The molecule has 1 amide bonds. The van der Waals surface area contributed by atoms with Gasteiger partial charge in [0.25, 0.3) is 5.91 Å². The van der Waals surface area contributed by atoms with Crippen molar-refractivity contribution in [3.8, 4) is 11.5 Å². The molecule has 1 unspecified atom stereocenters. The highest BCUT2D eigenvalue weighted by Crippen LogP contribution is 2.33. The van der Waals surface area contributed by atoms with E-state index in [1.54, 1.807) is 13.2 Å². The van der Waals surface area contributed by atoms with Crippen LogP contribution in [-0.4, -0.2) is 25.0 Å². The average Bonchev–Trinajstić information content (AvgIpc) is 2.62. The molecule has 0 saturated carbocycles. The zero-order valence-electron chi connectivity index (χ0n) is 13.3. The number of para-hydroxylation sites is 1. The number of amides is 1. The Morgan fingerprint density at radius 3 is 2.75 bits per heavy atom. The molecule has 126 valence electrons. The van der Waals surface area contributed by atoms with Crippen LogP contribution in [0.15, 0.2) is 42.5 Å². The van der Waals surface area contributed by atoms with Crippen LogP contribution in [-0.2, 0) is 0 Å². The summed E-state index contributed by atoms with van der Waals surface area (Å²) in [5.41, 5.74) is 2.38. The van der Waals surface area contributed by atoms with Crippen LogP contribution in [0.1, 0.15) is 28.5 Å². The minimum Gasteiger partial charge on any atom is -0.493 e. The van der Waals surface area contributed by atoms with Crippen molar-refractivity contribution in [2.45, 2.75) is 12.6 Å². The average molecular weight is 391 g/mol. The second-order valence-electron chi connectivity index (χ2n) is 5.40. The van der Waals surface area contributed by atoms with Crippen molar-refractivity contribution in [2.75, 3.05) is 24.4 Å². The molecule has 0 saturated heterocycles. The highest BCUT2D eigenvalue weighted by molar-refractivity contribution is 9.09. The third-order valence-electron chi connectivity index (χ3n) is 3.80. The van der Waals surface area contributed by atoms with Crippen molar-refractivity contribution in [1.29, 1.82) is 0 Å². The number of alkyl halides is 1. The van der Waals surface area contributed by atoms with E-state index in [-0.39, 0.29) is 12.1 Å².